The summed E-state index contributed by atoms with van der Waals surface area (Å²) in [6, 6.07) is 5.79. The lowest BCUT2D eigenvalue weighted by Gasteiger charge is -2.32. The Kier molecular flexibility index (Phi) is 5.89. The zero-order valence-electron chi connectivity index (χ0n) is 15.3. The Morgan fingerprint density at radius 3 is 2.92 bits per heavy atom. The van der Waals surface area contributed by atoms with E-state index in [4.69, 9.17) is 5.11 Å². The first kappa shape index (κ1) is 18.1. The molecule has 0 radical (unpaired) electrons. The van der Waals surface area contributed by atoms with Gasteiger partial charge in [0.2, 0.25) is 0 Å². The number of aromatic amines is 1. The van der Waals surface area contributed by atoms with E-state index in [1.165, 1.54) is 12.8 Å². The van der Waals surface area contributed by atoms with Gasteiger partial charge in [-0.1, -0.05) is 12.1 Å². The molecular weight excluding hydrogens is 314 g/mol. The Morgan fingerprint density at radius 2 is 2.12 bits per heavy atom. The van der Waals surface area contributed by atoms with Gasteiger partial charge in [-0.25, -0.2) is 0 Å². The van der Waals surface area contributed by atoms with Crippen molar-refractivity contribution < 1.29 is 5.11 Å². The van der Waals surface area contributed by atoms with Crippen molar-refractivity contribution in [2.24, 2.45) is 5.92 Å². The van der Waals surface area contributed by atoms with E-state index >= 15 is 0 Å². The summed E-state index contributed by atoms with van der Waals surface area (Å²) >= 11 is 0. The predicted octanol–water partition coefficient (Wildman–Crippen LogP) is 1.94. The van der Waals surface area contributed by atoms with E-state index in [0.717, 1.165) is 53.9 Å². The van der Waals surface area contributed by atoms with E-state index in [-0.39, 0.29) is 12.0 Å². The van der Waals surface area contributed by atoms with E-state index in [1.807, 2.05) is 19.9 Å². The lowest BCUT2D eigenvalue weighted by molar-refractivity contribution is 0.139. The lowest BCUT2D eigenvalue weighted by atomic mass is 9.98. The maximum Gasteiger partial charge on any atom is 0.189 e. The van der Waals surface area contributed by atoms with Gasteiger partial charge in [-0.05, 0) is 56.8 Å². The number of aromatic nitrogens is 1. The number of aryl methyl sites for hydroxylation is 2. The monoisotopic (exact) mass is 343 g/mol. The molecule has 0 bridgehead atoms. The van der Waals surface area contributed by atoms with Crippen LogP contribution in [0.5, 0.6) is 0 Å². The summed E-state index contributed by atoms with van der Waals surface area (Å²) in [7, 11) is 0. The molecule has 2 aromatic rings. The highest BCUT2D eigenvalue weighted by molar-refractivity contribution is 5.84. The highest BCUT2D eigenvalue weighted by Crippen LogP contribution is 2.18. The molecule has 0 amide bonds. The summed E-state index contributed by atoms with van der Waals surface area (Å²) in [6.45, 7) is 8.77. The Bertz CT molecular complexity index is 782. The molecule has 1 aliphatic rings. The molecular formula is C20H29N3O2. The fraction of sp³-hybridized carbons (Fsp3) is 0.550. The van der Waals surface area contributed by atoms with Crippen LogP contribution in [-0.2, 0) is 6.54 Å². The van der Waals surface area contributed by atoms with Crippen LogP contribution in [0.25, 0.3) is 10.9 Å². The third kappa shape index (κ3) is 4.29. The molecule has 0 aliphatic carbocycles. The van der Waals surface area contributed by atoms with E-state index in [2.05, 4.69) is 21.3 Å². The first-order valence-corrected chi connectivity index (χ1v) is 9.24. The number of piperidine rings is 1. The van der Waals surface area contributed by atoms with Crippen molar-refractivity contribution >= 4 is 10.9 Å². The second-order valence-corrected chi connectivity index (χ2v) is 7.27. The number of β-amino-alcohol motifs (C(OH)–C–C–N with tert-alkyl or cyclic N) is 1. The third-order valence-corrected chi connectivity index (χ3v) is 5.23. The number of fused-ring (bicyclic) bond motifs is 1. The van der Waals surface area contributed by atoms with Crippen molar-refractivity contribution in [3.8, 4) is 0 Å². The zero-order chi connectivity index (χ0) is 17.8. The molecule has 1 aromatic carbocycles. The summed E-state index contributed by atoms with van der Waals surface area (Å²) in [5.41, 5.74) is 4.11. The molecule has 2 heterocycles. The topological polar surface area (TPSA) is 68.4 Å². The van der Waals surface area contributed by atoms with Crippen LogP contribution in [0.15, 0.2) is 23.0 Å². The second-order valence-electron chi connectivity index (χ2n) is 7.27. The first-order chi connectivity index (χ1) is 12.1. The van der Waals surface area contributed by atoms with Crippen molar-refractivity contribution in [1.29, 1.82) is 0 Å². The fourth-order valence-electron chi connectivity index (χ4n) is 3.89. The molecule has 1 aliphatic heterocycles. The highest BCUT2D eigenvalue weighted by atomic mass is 16.3. The van der Waals surface area contributed by atoms with E-state index in [0.29, 0.717) is 12.5 Å². The molecule has 1 atom stereocenters. The number of aliphatic hydroxyl groups is 1. The molecule has 0 saturated carbocycles. The first-order valence-electron chi connectivity index (χ1n) is 9.24. The summed E-state index contributed by atoms with van der Waals surface area (Å²) in [6.07, 6.45) is 2.42. The molecule has 25 heavy (non-hydrogen) atoms. The third-order valence-electron chi connectivity index (χ3n) is 5.23. The van der Waals surface area contributed by atoms with Gasteiger partial charge in [-0.3, -0.25) is 4.79 Å². The van der Waals surface area contributed by atoms with Gasteiger partial charge >= 0.3 is 0 Å². The molecule has 1 saturated heterocycles. The maximum absolute atomic E-state index is 12.5. The zero-order valence-corrected chi connectivity index (χ0v) is 15.3. The molecule has 136 valence electrons. The number of rotatable bonds is 6. The minimum absolute atomic E-state index is 0.0959. The van der Waals surface area contributed by atoms with E-state index in [1.54, 1.807) is 6.07 Å². The standard InChI is InChI=1S/C20H29N3O2/c1-14-5-6-15(2)20-19(14)18(25)10-17(22-20)12-21-11-16-4-3-7-23(13-16)8-9-24/h5-6,10,16,21,24H,3-4,7-9,11-13H2,1-2H3,(H,22,25)/t16-/m0/s1. The van der Waals surface area contributed by atoms with Crippen LogP contribution in [0.3, 0.4) is 0 Å². The minimum atomic E-state index is 0.0959. The molecule has 3 rings (SSSR count). The lowest BCUT2D eigenvalue weighted by Crippen LogP contribution is -2.40. The Morgan fingerprint density at radius 1 is 1.32 bits per heavy atom. The summed E-state index contributed by atoms with van der Waals surface area (Å²) in [5, 5.41) is 13.4. The molecule has 0 unspecified atom stereocenters. The van der Waals surface area contributed by atoms with Gasteiger partial charge in [-0.2, -0.15) is 0 Å². The Balaban J connectivity index is 1.64. The highest BCUT2D eigenvalue weighted by Gasteiger charge is 2.19. The molecule has 1 aromatic heterocycles. The largest absolute Gasteiger partial charge is 0.395 e. The Labute approximate surface area is 149 Å². The average Bonchev–Trinajstić information content (AvgIpc) is 2.59. The van der Waals surface area contributed by atoms with Crippen LogP contribution < -0.4 is 10.7 Å². The molecule has 1 fully saturated rings. The van der Waals surface area contributed by atoms with Gasteiger partial charge in [0.25, 0.3) is 0 Å². The number of nitrogens with zero attached hydrogens (tertiary/aromatic N) is 1. The number of hydrogen-bond donors (Lipinski definition) is 3. The van der Waals surface area contributed by atoms with Crippen LogP contribution in [0.2, 0.25) is 0 Å². The maximum atomic E-state index is 12.5. The summed E-state index contributed by atoms with van der Waals surface area (Å²) < 4.78 is 0. The Hall–Kier alpha value is -1.69. The average molecular weight is 343 g/mol. The predicted molar refractivity (Wildman–Crippen MR) is 102 cm³/mol. The van der Waals surface area contributed by atoms with Crippen molar-refractivity contribution in [1.82, 2.24) is 15.2 Å². The number of nitrogens with one attached hydrogen (secondary N) is 2. The van der Waals surface area contributed by atoms with Crippen molar-refractivity contribution in [2.45, 2.75) is 33.2 Å². The van der Waals surface area contributed by atoms with Gasteiger partial charge < -0.3 is 20.3 Å². The number of H-pyrrole nitrogens is 1. The molecule has 3 N–H and O–H groups in total. The summed E-state index contributed by atoms with van der Waals surface area (Å²) in [4.78, 5) is 18.2. The van der Waals surface area contributed by atoms with Crippen LogP contribution in [0, 0.1) is 19.8 Å². The number of benzene rings is 1. The number of aliphatic hydroxyl groups excluding tert-OH is 1. The van der Waals surface area contributed by atoms with E-state index in [9.17, 15) is 4.79 Å². The van der Waals surface area contributed by atoms with Gasteiger partial charge in [0.05, 0.1) is 12.1 Å². The summed E-state index contributed by atoms with van der Waals surface area (Å²) in [5.74, 6) is 0.608. The number of likely N-dealkylation sites (tertiary alicyclic amines) is 1. The van der Waals surface area contributed by atoms with Crippen molar-refractivity contribution in [2.75, 3.05) is 32.8 Å². The number of hydrogen-bond acceptors (Lipinski definition) is 4. The second kappa shape index (κ2) is 8.13. The van der Waals surface area contributed by atoms with Crippen LogP contribution in [-0.4, -0.2) is 47.8 Å². The van der Waals surface area contributed by atoms with Gasteiger partial charge in [0, 0.05) is 36.8 Å². The van der Waals surface area contributed by atoms with Crippen LogP contribution in [0.1, 0.15) is 29.7 Å². The quantitative estimate of drug-likeness (QED) is 0.750. The van der Waals surface area contributed by atoms with Gasteiger partial charge in [0.1, 0.15) is 0 Å². The van der Waals surface area contributed by atoms with Crippen molar-refractivity contribution in [3.05, 3.63) is 45.2 Å². The number of pyridine rings is 1. The molecule has 5 heteroatoms. The fourth-order valence-corrected chi connectivity index (χ4v) is 3.89. The van der Waals surface area contributed by atoms with Crippen molar-refractivity contribution in [3.63, 3.8) is 0 Å². The van der Waals surface area contributed by atoms with E-state index < -0.39 is 0 Å². The van der Waals surface area contributed by atoms with Crippen LogP contribution >= 0.6 is 0 Å². The minimum Gasteiger partial charge on any atom is -0.395 e. The molecule has 5 nitrogen and oxygen atoms in total. The van der Waals surface area contributed by atoms with Gasteiger partial charge in [0.15, 0.2) is 5.43 Å². The smallest absolute Gasteiger partial charge is 0.189 e. The molecule has 0 spiro atoms. The van der Waals surface area contributed by atoms with Gasteiger partial charge in [-0.15, -0.1) is 0 Å². The normalized spacial score (nSPS) is 18.8. The van der Waals surface area contributed by atoms with Crippen LogP contribution in [0.4, 0.5) is 0 Å². The SMILES string of the molecule is Cc1ccc(C)c2c(=O)cc(CNC[C@@H]3CCCN(CCO)C3)[nH]c12.